The fraction of sp³-hybridized carbons (Fsp3) is 0.414. The summed E-state index contributed by atoms with van der Waals surface area (Å²) in [6, 6.07) is 11.9. The van der Waals surface area contributed by atoms with Gasteiger partial charge in [-0.2, -0.15) is 0 Å². The monoisotopic (exact) mass is 474 g/mol. The normalized spacial score (nSPS) is 16.6. The Balaban J connectivity index is 1.54. The van der Waals surface area contributed by atoms with Crippen molar-refractivity contribution in [3.8, 4) is 16.9 Å². The molecule has 6 nitrogen and oxygen atoms in total. The quantitative estimate of drug-likeness (QED) is 0.304. The fourth-order valence-corrected chi connectivity index (χ4v) is 5.35. The predicted molar refractivity (Wildman–Crippen MR) is 133 cm³/mol. The minimum Gasteiger partial charge on any atom is -0.462 e. The van der Waals surface area contributed by atoms with Crippen molar-refractivity contribution >= 4 is 22.9 Å². The molecule has 0 amide bonds. The maximum Gasteiger partial charge on any atom is 0.338 e. The van der Waals surface area contributed by atoms with Crippen LogP contribution in [0.15, 0.2) is 51.7 Å². The highest BCUT2D eigenvalue weighted by Crippen LogP contribution is 2.40. The topological polar surface area (TPSA) is 82.8 Å². The lowest BCUT2D eigenvalue weighted by atomic mass is 9.93. The van der Waals surface area contributed by atoms with E-state index in [0.29, 0.717) is 45.8 Å². The molecule has 0 saturated heterocycles. The van der Waals surface area contributed by atoms with Crippen LogP contribution in [0.3, 0.4) is 0 Å². The number of rotatable bonds is 6. The van der Waals surface area contributed by atoms with Gasteiger partial charge in [0.2, 0.25) is 5.43 Å². The van der Waals surface area contributed by atoms with E-state index in [1.807, 2.05) is 0 Å². The van der Waals surface area contributed by atoms with E-state index < -0.39 is 0 Å². The largest absolute Gasteiger partial charge is 0.462 e. The smallest absolute Gasteiger partial charge is 0.338 e. The summed E-state index contributed by atoms with van der Waals surface area (Å²) in [6.45, 7) is 2.07. The predicted octanol–water partition coefficient (Wildman–Crippen LogP) is 6.39. The van der Waals surface area contributed by atoms with Gasteiger partial charge in [0.1, 0.15) is 17.1 Å². The molecule has 2 aromatic carbocycles. The van der Waals surface area contributed by atoms with Crippen LogP contribution in [0.4, 0.5) is 0 Å². The first-order valence-corrected chi connectivity index (χ1v) is 12.6. The molecule has 0 unspecified atom stereocenters. The van der Waals surface area contributed by atoms with Crippen LogP contribution in [0.1, 0.15) is 80.3 Å². The zero-order chi connectivity index (χ0) is 24.4. The van der Waals surface area contributed by atoms with Crippen molar-refractivity contribution in [3.05, 3.63) is 64.0 Å². The number of ether oxygens (including phenoxy) is 2. The van der Waals surface area contributed by atoms with Crippen molar-refractivity contribution in [2.24, 2.45) is 5.92 Å². The van der Waals surface area contributed by atoms with Crippen LogP contribution in [-0.2, 0) is 9.53 Å². The molecule has 0 bridgehead atoms. The highest BCUT2D eigenvalue weighted by molar-refractivity contribution is 5.91. The lowest BCUT2D eigenvalue weighted by Crippen LogP contribution is -2.17. The first kappa shape index (κ1) is 23.3. The number of hydrogen-bond donors (Lipinski definition) is 0. The van der Waals surface area contributed by atoms with Crippen molar-refractivity contribution in [1.82, 2.24) is 0 Å². The molecule has 5 rings (SSSR count). The Labute approximate surface area is 204 Å². The van der Waals surface area contributed by atoms with Crippen LogP contribution in [0, 0.1) is 5.92 Å². The molecular weight excluding hydrogens is 444 g/mol. The Bertz CT molecular complexity index is 1290. The molecule has 0 N–H and O–H groups in total. The van der Waals surface area contributed by atoms with Crippen molar-refractivity contribution in [3.63, 3.8) is 0 Å². The average molecular weight is 475 g/mol. The molecular formula is C29H30O6. The summed E-state index contributed by atoms with van der Waals surface area (Å²) in [4.78, 5) is 38.3. The zero-order valence-electron chi connectivity index (χ0n) is 20.0. The molecule has 3 aromatic rings. The molecule has 2 aliphatic carbocycles. The highest BCUT2D eigenvalue weighted by Gasteiger charge is 2.28. The van der Waals surface area contributed by atoms with E-state index in [1.165, 1.54) is 0 Å². The lowest BCUT2D eigenvalue weighted by molar-refractivity contribution is -0.138. The maximum absolute atomic E-state index is 13.7. The van der Waals surface area contributed by atoms with E-state index in [9.17, 15) is 14.4 Å². The van der Waals surface area contributed by atoms with E-state index in [4.69, 9.17) is 13.9 Å². The molecule has 1 aromatic heterocycles. The Hall–Kier alpha value is -3.41. The highest BCUT2D eigenvalue weighted by atomic mass is 16.5. The van der Waals surface area contributed by atoms with Crippen molar-refractivity contribution in [2.75, 3.05) is 6.61 Å². The minimum atomic E-state index is -0.389. The summed E-state index contributed by atoms with van der Waals surface area (Å²) in [5.41, 5.74) is 2.01. The Morgan fingerprint density at radius 1 is 0.943 bits per heavy atom. The van der Waals surface area contributed by atoms with Crippen LogP contribution in [0.2, 0.25) is 0 Å². The van der Waals surface area contributed by atoms with Gasteiger partial charge in [-0.25, -0.2) is 4.79 Å². The zero-order valence-corrected chi connectivity index (χ0v) is 20.0. The van der Waals surface area contributed by atoms with Gasteiger partial charge in [-0.15, -0.1) is 0 Å². The second-order valence-electron chi connectivity index (χ2n) is 9.51. The average Bonchev–Trinajstić information content (AvgIpc) is 3.59. The summed E-state index contributed by atoms with van der Waals surface area (Å²) < 4.78 is 17.1. The Kier molecular flexibility index (Phi) is 6.71. The molecule has 0 spiro atoms. The third kappa shape index (κ3) is 4.75. The van der Waals surface area contributed by atoms with Crippen LogP contribution in [0.5, 0.6) is 5.75 Å². The van der Waals surface area contributed by atoms with E-state index in [2.05, 4.69) is 0 Å². The summed E-state index contributed by atoms with van der Waals surface area (Å²) in [6.07, 6.45) is 7.94. The first-order valence-electron chi connectivity index (χ1n) is 12.6. The SMILES string of the molecule is CCOC(=O)c1ccc(-c2c(C3CCCC3)oc3cc(OC(=O)C4CCCC4)ccc3c2=O)cc1. The number of carbonyl (C=O) groups excluding carboxylic acids is 2. The fourth-order valence-electron chi connectivity index (χ4n) is 5.35. The second-order valence-corrected chi connectivity index (χ2v) is 9.51. The van der Waals surface area contributed by atoms with Crippen LogP contribution in [-0.4, -0.2) is 18.5 Å². The van der Waals surface area contributed by atoms with Crippen molar-refractivity contribution in [2.45, 2.75) is 64.2 Å². The first-order chi connectivity index (χ1) is 17.0. The Morgan fingerprint density at radius 3 is 2.31 bits per heavy atom. The molecule has 2 saturated carbocycles. The minimum absolute atomic E-state index is 0.0493. The van der Waals surface area contributed by atoms with E-state index in [0.717, 1.165) is 51.4 Å². The molecule has 6 heteroatoms. The molecule has 0 radical (unpaired) electrons. The molecule has 1 heterocycles. The maximum atomic E-state index is 13.7. The van der Waals surface area contributed by atoms with Crippen LogP contribution >= 0.6 is 0 Å². The third-order valence-corrected chi connectivity index (χ3v) is 7.21. The van der Waals surface area contributed by atoms with Crippen LogP contribution < -0.4 is 10.2 Å². The standard InChI is InChI=1S/C29H30O6/c1-2-33-28(31)21-13-11-18(12-14-21)25-26(30)23-16-15-22(34-29(32)20-9-5-6-10-20)17-24(23)35-27(25)19-7-3-4-8-19/h11-17,19-20H,2-10H2,1H3. The van der Waals surface area contributed by atoms with Gasteiger partial charge in [-0.05, 0) is 62.4 Å². The van der Waals surface area contributed by atoms with Gasteiger partial charge in [0, 0.05) is 12.0 Å². The van der Waals surface area contributed by atoms with Gasteiger partial charge in [-0.1, -0.05) is 37.8 Å². The molecule has 0 aliphatic heterocycles. The molecule has 2 fully saturated rings. The van der Waals surface area contributed by atoms with E-state index in [1.54, 1.807) is 49.4 Å². The van der Waals surface area contributed by atoms with E-state index in [-0.39, 0.29) is 29.2 Å². The van der Waals surface area contributed by atoms with Crippen molar-refractivity contribution in [1.29, 1.82) is 0 Å². The van der Waals surface area contributed by atoms with Crippen LogP contribution in [0.25, 0.3) is 22.1 Å². The number of fused-ring (bicyclic) bond motifs is 1. The number of benzene rings is 2. The number of hydrogen-bond acceptors (Lipinski definition) is 6. The van der Waals surface area contributed by atoms with E-state index >= 15 is 0 Å². The molecule has 0 atom stereocenters. The van der Waals surface area contributed by atoms with Gasteiger partial charge >= 0.3 is 11.9 Å². The molecule has 2 aliphatic rings. The summed E-state index contributed by atoms with van der Waals surface area (Å²) in [5.74, 6) is 0.576. The van der Waals surface area contributed by atoms with Gasteiger partial charge in [-0.3, -0.25) is 9.59 Å². The Morgan fingerprint density at radius 2 is 1.63 bits per heavy atom. The summed E-state index contributed by atoms with van der Waals surface area (Å²) in [7, 11) is 0. The number of esters is 2. The summed E-state index contributed by atoms with van der Waals surface area (Å²) >= 11 is 0. The van der Waals surface area contributed by atoms with Gasteiger partial charge in [0.15, 0.2) is 0 Å². The number of carbonyl (C=O) groups is 2. The third-order valence-electron chi connectivity index (χ3n) is 7.21. The van der Waals surface area contributed by atoms with Gasteiger partial charge in [0.25, 0.3) is 0 Å². The summed E-state index contributed by atoms with van der Waals surface area (Å²) in [5, 5.41) is 0.442. The molecule has 182 valence electrons. The second kappa shape index (κ2) is 10.1. The van der Waals surface area contributed by atoms with Gasteiger partial charge in [0.05, 0.1) is 29.0 Å². The lowest BCUT2D eigenvalue weighted by Gasteiger charge is -2.16. The van der Waals surface area contributed by atoms with Gasteiger partial charge < -0.3 is 13.9 Å². The molecule has 35 heavy (non-hydrogen) atoms. The van der Waals surface area contributed by atoms with Crippen molar-refractivity contribution < 1.29 is 23.5 Å².